The Morgan fingerprint density at radius 3 is 2.88 bits per heavy atom. The van der Waals surface area contributed by atoms with Crippen molar-refractivity contribution in [2.75, 3.05) is 6.54 Å². The van der Waals surface area contributed by atoms with E-state index in [2.05, 4.69) is 6.58 Å². The minimum Gasteiger partial charge on any atom is -0.330 e. The maximum absolute atomic E-state index is 12.0. The van der Waals surface area contributed by atoms with Gasteiger partial charge in [0.25, 0.3) is 5.91 Å². The lowest BCUT2D eigenvalue weighted by Gasteiger charge is -2.15. The number of carbonyl (C=O) groups excluding carboxylic acids is 1. The molecule has 0 bridgehead atoms. The minimum atomic E-state index is 0.122. The minimum absolute atomic E-state index is 0.122. The number of rotatable bonds is 3. The van der Waals surface area contributed by atoms with Crippen LogP contribution >= 0.6 is 0 Å². The third-order valence-corrected chi connectivity index (χ3v) is 2.90. The summed E-state index contributed by atoms with van der Waals surface area (Å²) in [6.45, 7) is 7.06. The van der Waals surface area contributed by atoms with Crippen molar-refractivity contribution in [3.63, 3.8) is 0 Å². The predicted octanol–water partition coefficient (Wildman–Crippen LogP) is 2.77. The summed E-state index contributed by atoms with van der Waals surface area (Å²) in [6, 6.07) is 7.78. The van der Waals surface area contributed by atoms with Crippen LogP contribution in [0.25, 0.3) is 0 Å². The largest absolute Gasteiger partial charge is 0.330 e. The van der Waals surface area contributed by atoms with E-state index in [0.717, 1.165) is 16.7 Å². The van der Waals surface area contributed by atoms with E-state index < -0.39 is 0 Å². The van der Waals surface area contributed by atoms with Crippen LogP contribution in [0.15, 0.2) is 48.6 Å². The molecule has 2 heteroatoms. The molecule has 2 nitrogen and oxygen atoms in total. The molecule has 1 heterocycles. The molecule has 0 fully saturated rings. The Balaban J connectivity index is 2.19. The molecular formula is C14H15NO. The van der Waals surface area contributed by atoms with Crippen molar-refractivity contribution in [1.29, 1.82) is 0 Å². The highest BCUT2D eigenvalue weighted by Crippen LogP contribution is 2.22. The zero-order valence-electron chi connectivity index (χ0n) is 9.44. The van der Waals surface area contributed by atoms with E-state index in [0.29, 0.717) is 13.1 Å². The number of fused-ring (bicyclic) bond motifs is 1. The normalized spacial score (nSPS) is 15.2. The van der Waals surface area contributed by atoms with Crippen molar-refractivity contribution in [3.05, 3.63) is 59.7 Å². The number of nitrogens with zero attached hydrogens (tertiary/aromatic N) is 1. The van der Waals surface area contributed by atoms with Gasteiger partial charge in [0.1, 0.15) is 0 Å². The van der Waals surface area contributed by atoms with E-state index in [1.807, 2.05) is 42.2 Å². The molecule has 0 aromatic heterocycles. The van der Waals surface area contributed by atoms with Crippen molar-refractivity contribution >= 4 is 5.91 Å². The Labute approximate surface area is 95.9 Å². The van der Waals surface area contributed by atoms with E-state index in [4.69, 9.17) is 0 Å². The van der Waals surface area contributed by atoms with E-state index in [-0.39, 0.29) is 5.91 Å². The zero-order valence-corrected chi connectivity index (χ0v) is 9.44. The fraction of sp³-hybridized carbons (Fsp3) is 0.214. The summed E-state index contributed by atoms with van der Waals surface area (Å²) in [7, 11) is 0. The highest BCUT2D eigenvalue weighted by Gasteiger charge is 2.26. The Morgan fingerprint density at radius 1 is 1.50 bits per heavy atom. The first-order valence-electron chi connectivity index (χ1n) is 5.41. The average Bonchev–Trinajstić information content (AvgIpc) is 2.64. The second kappa shape index (κ2) is 4.35. The summed E-state index contributed by atoms with van der Waals surface area (Å²) in [4.78, 5) is 13.9. The molecule has 0 radical (unpaired) electrons. The fourth-order valence-electron chi connectivity index (χ4n) is 1.94. The lowest BCUT2D eigenvalue weighted by Crippen LogP contribution is -2.25. The molecule has 0 N–H and O–H groups in total. The first-order chi connectivity index (χ1) is 7.76. The lowest BCUT2D eigenvalue weighted by molar-refractivity contribution is 0.0793. The number of allylic oxidation sites excluding steroid dienone is 1. The molecule has 0 atom stereocenters. The highest BCUT2D eigenvalue weighted by atomic mass is 16.2. The SMILES string of the molecule is C=C/C(=C\C)CN1Cc2ccccc2C1=O. The molecule has 0 saturated carbocycles. The number of hydrogen-bond acceptors (Lipinski definition) is 1. The Kier molecular flexibility index (Phi) is 2.91. The first kappa shape index (κ1) is 10.7. The van der Waals surface area contributed by atoms with E-state index >= 15 is 0 Å². The van der Waals surface area contributed by atoms with Gasteiger partial charge >= 0.3 is 0 Å². The van der Waals surface area contributed by atoms with Crippen LogP contribution in [0.3, 0.4) is 0 Å². The van der Waals surface area contributed by atoms with Gasteiger partial charge in [0.15, 0.2) is 0 Å². The topological polar surface area (TPSA) is 20.3 Å². The quantitative estimate of drug-likeness (QED) is 0.707. The van der Waals surface area contributed by atoms with Gasteiger partial charge in [0.05, 0.1) is 0 Å². The average molecular weight is 213 g/mol. The van der Waals surface area contributed by atoms with Crippen LogP contribution in [-0.4, -0.2) is 17.4 Å². The van der Waals surface area contributed by atoms with Crippen LogP contribution in [0.2, 0.25) is 0 Å². The van der Waals surface area contributed by atoms with E-state index in [1.54, 1.807) is 6.08 Å². The summed E-state index contributed by atoms with van der Waals surface area (Å²) in [5.41, 5.74) is 3.04. The Hall–Kier alpha value is -1.83. The third-order valence-electron chi connectivity index (χ3n) is 2.90. The zero-order chi connectivity index (χ0) is 11.5. The van der Waals surface area contributed by atoms with E-state index in [1.165, 1.54) is 0 Å². The van der Waals surface area contributed by atoms with Crippen LogP contribution in [0, 0.1) is 0 Å². The van der Waals surface area contributed by atoms with Crippen LogP contribution in [0.4, 0.5) is 0 Å². The summed E-state index contributed by atoms with van der Waals surface area (Å²) in [6.07, 6.45) is 3.79. The first-order valence-corrected chi connectivity index (χ1v) is 5.41. The van der Waals surface area contributed by atoms with Gasteiger partial charge < -0.3 is 4.90 Å². The second-order valence-corrected chi connectivity index (χ2v) is 3.89. The van der Waals surface area contributed by atoms with Gasteiger partial charge in [-0.05, 0) is 24.1 Å². The molecule has 1 amide bonds. The molecule has 0 unspecified atom stereocenters. The van der Waals surface area contributed by atoms with Gasteiger partial charge in [-0.25, -0.2) is 0 Å². The number of carbonyl (C=O) groups is 1. The van der Waals surface area contributed by atoms with Gasteiger partial charge in [0.2, 0.25) is 0 Å². The summed E-state index contributed by atoms with van der Waals surface area (Å²) in [5, 5.41) is 0. The van der Waals surface area contributed by atoms with Crippen molar-refractivity contribution in [3.8, 4) is 0 Å². The van der Waals surface area contributed by atoms with Crippen LogP contribution in [-0.2, 0) is 6.54 Å². The summed E-state index contributed by atoms with van der Waals surface area (Å²) < 4.78 is 0. The molecule has 82 valence electrons. The summed E-state index contributed by atoms with van der Waals surface area (Å²) >= 11 is 0. The second-order valence-electron chi connectivity index (χ2n) is 3.89. The van der Waals surface area contributed by atoms with Gasteiger partial charge in [0, 0.05) is 18.7 Å². The Morgan fingerprint density at radius 2 is 2.25 bits per heavy atom. The van der Waals surface area contributed by atoms with Gasteiger partial charge in [-0.3, -0.25) is 4.79 Å². The molecule has 0 spiro atoms. The maximum atomic E-state index is 12.0. The van der Waals surface area contributed by atoms with Crippen molar-refractivity contribution in [2.24, 2.45) is 0 Å². The van der Waals surface area contributed by atoms with Crippen molar-refractivity contribution < 1.29 is 4.79 Å². The molecular weight excluding hydrogens is 198 g/mol. The molecule has 0 aliphatic carbocycles. The summed E-state index contributed by atoms with van der Waals surface area (Å²) in [5.74, 6) is 0.122. The number of hydrogen-bond donors (Lipinski definition) is 0. The van der Waals surface area contributed by atoms with Gasteiger partial charge in [-0.2, -0.15) is 0 Å². The van der Waals surface area contributed by atoms with Crippen LogP contribution in [0.5, 0.6) is 0 Å². The van der Waals surface area contributed by atoms with Crippen LogP contribution < -0.4 is 0 Å². The van der Waals surface area contributed by atoms with Gasteiger partial charge in [-0.1, -0.05) is 36.9 Å². The van der Waals surface area contributed by atoms with Crippen molar-refractivity contribution in [1.82, 2.24) is 4.90 Å². The molecule has 1 aliphatic heterocycles. The highest BCUT2D eigenvalue weighted by molar-refractivity contribution is 5.98. The van der Waals surface area contributed by atoms with Crippen LogP contribution in [0.1, 0.15) is 22.8 Å². The van der Waals surface area contributed by atoms with Gasteiger partial charge in [-0.15, -0.1) is 0 Å². The smallest absolute Gasteiger partial charge is 0.254 e. The molecule has 0 saturated heterocycles. The molecule has 2 rings (SSSR count). The maximum Gasteiger partial charge on any atom is 0.254 e. The molecule has 1 aromatic rings. The lowest BCUT2D eigenvalue weighted by atomic mass is 10.1. The molecule has 1 aliphatic rings. The Bertz CT molecular complexity index is 460. The van der Waals surface area contributed by atoms with Crippen molar-refractivity contribution in [2.45, 2.75) is 13.5 Å². The third kappa shape index (κ3) is 1.78. The van der Waals surface area contributed by atoms with E-state index in [9.17, 15) is 4.79 Å². The standard InChI is InChI=1S/C14H15NO/c1-3-11(4-2)9-15-10-12-7-5-6-8-13(12)14(15)16/h3-8H,1,9-10H2,2H3/b11-4+. The predicted molar refractivity (Wildman–Crippen MR) is 65.1 cm³/mol. The molecule has 1 aromatic carbocycles. The monoisotopic (exact) mass is 213 g/mol. The fourth-order valence-corrected chi connectivity index (χ4v) is 1.94. The molecule has 16 heavy (non-hydrogen) atoms. The number of amides is 1. The number of benzene rings is 1.